The second-order valence-corrected chi connectivity index (χ2v) is 5.50. The van der Waals surface area contributed by atoms with Gasteiger partial charge in [-0.1, -0.05) is 0 Å². The third kappa shape index (κ3) is 3.18. The average molecular weight is 279 g/mol. The van der Waals surface area contributed by atoms with Gasteiger partial charge in [0.15, 0.2) is 0 Å². The molecule has 0 bridgehead atoms. The van der Waals surface area contributed by atoms with E-state index in [1.165, 1.54) is 24.5 Å². The second-order valence-electron chi connectivity index (χ2n) is 3.81. The van der Waals surface area contributed by atoms with Gasteiger partial charge in [-0.05, 0) is 25.1 Å². The van der Waals surface area contributed by atoms with Gasteiger partial charge in [0.05, 0.1) is 16.8 Å². The van der Waals surface area contributed by atoms with Crippen LogP contribution < -0.4 is 16.0 Å². The van der Waals surface area contributed by atoms with Gasteiger partial charge in [0.2, 0.25) is 0 Å². The summed E-state index contributed by atoms with van der Waals surface area (Å²) < 4.78 is 26.7. The van der Waals surface area contributed by atoms with Crippen LogP contribution in [0.25, 0.3) is 0 Å². The Morgan fingerprint density at radius 1 is 1.21 bits per heavy atom. The molecule has 0 aliphatic rings. The van der Waals surface area contributed by atoms with Gasteiger partial charge in [-0.2, -0.15) is 0 Å². The molecule has 0 atom stereocenters. The fraction of sp³-hybridized carbons (Fsp3) is 0.0909. The minimum absolute atomic E-state index is 0.0658. The number of aryl methyl sites for hydroxylation is 1. The van der Waals surface area contributed by atoms with Crippen LogP contribution in [0.3, 0.4) is 0 Å². The van der Waals surface area contributed by atoms with E-state index in [1.807, 2.05) is 6.92 Å². The molecular formula is C11H13N5O2S. The topological polar surface area (TPSA) is 110 Å². The number of nitrogens with zero attached hydrogens (tertiary/aromatic N) is 2. The number of hydrazine groups is 1. The molecular weight excluding hydrogens is 266 g/mol. The summed E-state index contributed by atoms with van der Waals surface area (Å²) in [5, 5.41) is 0. The molecule has 2 aromatic heterocycles. The maximum absolute atomic E-state index is 12.1. The molecule has 100 valence electrons. The molecule has 0 radical (unpaired) electrons. The Hall–Kier alpha value is -2.19. The number of anilines is 2. The highest BCUT2D eigenvalue weighted by Crippen LogP contribution is 2.16. The Morgan fingerprint density at radius 2 is 2.00 bits per heavy atom. The van der Waals surface area contributed by atoms with Crippen molar-refractivity contribution < 1.29 is 8.42 Å². The molecule has 0 aromatic carbocycles. The standard InChI is InChI=1S/C11H13N5O2S/c1-8-2-3-9(7-14-8)16-19(17,18)10-4-5-13-11(6-10)15-12/h2-7,16H,12H2,1H3,(H,13,15). The molecule has 2 heterocycles. The first kappa shape index (κ1) is 13.2. The van der Waals surface area contributed by atoms with E-state index in [1.54, 1.807) is 12.1 Å². The van der Waals surface area contributed by atoms with Gasteiger partial charge in [0.25, 0.3) is 10.0 Å². The van der Waals surface area contributed by atoms with Crippen LogP contribution in [0.1, 0.15) is 5.69 Å². The zero-order valence-electron chi connectivity index (χ0n) is 10.2. The molecule has 0 spiro atoms. The zero-order valence-corrected chi connectivity index (χ0v) is 11.0. The van der Waals surface area contributed by atoms with E-state index in [-0.39, 0.29) is 10.7 Å². The van der Waals surface area contributed by atoms with E-state index >= 15 is 0 Å². The number of hydrogen-bond acceptors (Lipinski definition) is 6. The van der Waals surface area contributed by atoms with Crippen LogP contribution >= 0.6 is 0 Å². The first-order chi connectivity index (χ1) is 9.01. The van der Waals surface area contributed by atoms with Crippen molar-refractivity contribution >= 4 is 21.5 Å². The molecule has 8 heteroatoms. The highest BCUT2D eigenvalue weighted by Gasteiger charge is 2.15. The molecule has 0 unspecified atom stereocenters. The minimum Gasteiger partial charge on any atom is -0.308 e. The van der Waals surface area contributed by atoms with Gasteiger partial charge in [-0.15, -0.1) is 0 Å². The van der Waals surface area contributed by atoms with Crippen LogP contribution in [0.5, 0.6) is 0 Å². The first-order valence-corrected chi connectivity index (χ1v) is 6.88. The zero-order chi connectivity index (χ0) is 13.9. The largest absolute Gasteiger partial charge is 0.308 e. The van der Waals surface area contributed by atoms with Crippen LogP contribution in [0, 0.1) is 6.92 Å². The fourth-order valence-corrected chi connectivity index (χ4v) is 2.46. The summed E-state index contributed by atoms with van der Waals surface area (Å²) in [6.07, 6.45) is 2.81. The number of rotatable bonds is 4. The number of hydrogen-bond donors (Lipinski definition) is 3. The monoisotopic (exact) mass is 279 g/mol. The molecule has 2 aromatic rings. The van der Waals surface area contributed by atoms with E-state index in [0.717, 1.165) is 5.69 Å². The maximum Gasteiger partial charge on any atom is 0.262 e. The molecule has 4 N–H and O–H groups in total. The van der Waals surface area contributed by atoms with E-state index in [0.29, 0.717) is 5.69 Å². The van der Waals surface area contributed by atoms with Gasteiger partial charge in [0.1, 0.15) is 5.82 Å². The predicted molar refractivity (Wildman–Crippen MR) is 71.8 cm³/mol. The number of nitrogens with one attached hydrogen (secondary N) is 2. The van der Waals surface area contributed by atoms with Crippen LogP contribution in [0.15, 0.2) is 41.6 Å². The lowest BCUT2D eigenvalue weighted by atomic mass is 10.4. The molecule has 2 rings (SSSR count). The van der Waals surface area contributed by atoms with Crippen molar-refractivity contribution in [3.63, 3.8) is 0 Å². The summed E-state index contributed by atoms with van der Waals surface area (Å²) in [5.74, 6) is 5.46. The fourth-order valence-electron chi connectivity index (χ4n) is 1.40. The number of sulfonamides is 1. The van der Waals surface area contributed by atoms with Crippen LogP contribution in [0.2, 0.25) is 0 Å². The summed E-state index contributed by atoms with van der Waals surface area (Å²) in [7, 11) is -3.68. The van der Waals surface area contributed by atoms with Gasteiger partial charge in [-0.3, -0.25) is 9.71 Å². The van der Waals surface area contributed by atoms with Crippen LogP contribution in [0.4, 0.5) is 11.5 Å². The highest BCUT2D eigenvalue weighted by molar-refractivity contribution is 7.92. The Bertz CT molecular complexity index is 670. The van der Waals surface area contributed by atoms with Crippen LogP contribution in [-0.4, -0.2) is 18.4 Å². The van der Waals surface area contributed by atoms with Crippen molar-refractivity contribution in [1.82, 2.24) is 9.97 Å². The van der Waals surface area contributed by atoms with Crippen molar-refractivity contribution in [1.29, 1.82) is 0 Å². The maximum atomic E-state index is 12.1. The molecule has 19 heavy (non-hydrogen) atoms. The van der Waals surface area contributed by atoms with Gasteiger partial charge < -0.3 is 5.43 Å². The Morgan fingerprint density at radius 3 is 2.63 bits per heavy atom. The quantitative estimate of drug-likeness (QED) is 0.566. The summed E-state index contributed by atoms with van der Waals surface area (Å²) in [5.41, 5.74) is 3.50. The molecule has 0 saturated carbocycles. The number of pyridine rings is 2. The normalized spacial score (nSPS) is 11.1. The molecule has 0 amide bonds. The van der Waals surface area contributed by atoms with Crippen molar-refractivity contribution in [3.05, 3.63) is 42.4 Å². The lowest BCUT2D eigenvalue weighted by Gasteiger charge is -2.08. The van der Waals surface area contributed by atoms with E-state index < -0.39 is 10.0 Å². The Balaban J connectivity index is 2.29. The number of nitrogen functional groups attached to an aromatic ring is 1. The van der Waals surface area contributed by atoms with Gasteiger partial charge in [-0.25, -0.2) is 19.2 Å². The average Bonchev–Trinajstić information content (AvgIpc) is 2.41. The summed E-state index contributed by atoms with van der Waals surface area (Å²) in [4.78, 5) is 7.93. The first-order valence-electron chi connectivity index (χ1n) is 5.39. The van der Waals surface area contributed by atoms with Crippen molar-refractivity contribution in [2.24, 2.45) is 5.84 Å². The molecule has 0 saturated heterocycles. The third-order valence-electron chi connectivity index (χ3n) is 2.35. The lowest BCUT2D eigenvalue weighted by Crippen LogP contribution is -2.15. The summed E-state index contributed by atoms with van der Waals surface area (Å²) in [6.45, 7) is 1.82. The molecule has 0 aliphatic carbocycles. The summed E-state index contributed by atoms with van der Waals surface area (Å²) >= 11 is 0. The van der Waals surface area contributed by atoms with Crippen molar-refractivity contribution in [2.75, 3.05) is 10.1 Å². The van der Waals surface area contributed by atoms with Gasteiger partial charge in [0, 0.05) is 18.0 Å². The molecule has 0 aliphatic heterocycles. The number of nitrogens with two attached hydrogens (primary N) is 1. The van der Waals surface area contributed by atoms with Crippen LogP contribution in [-0.2, 0) is 10.0 Å². The van der Waals surface area contributed by atoms with Crippen molar-refractivity contribution in [2.45, 2.75) is 11.8 Å². The van der Waals surface area contributed by atoms with E-state index in [2.05, 4.69) is 20.1 Å². The van der Waals surface area contributed by atoms with E-state index in [4.69, 9.17) is 5.84 Å². The van der Waals surface area contributed by atoms with Crippen molar-refractivity contribution in [3.8, 4) is 0 Å². The Kier molecular flexibility index (Phi) is 3.63. The van der Waals surface area contributed by atoms with Gasteiger partial charge >= 0.3 is 0 Å². The third-order valence-corrected chi connectivity index (χ3v) is 3.73. The second kappa shape index (κ2) is 5.21. The minimum atomic E-state index is -3.68. The summed E-state index contributed by atoms with van der Waals surface area (Å²) in [6, 6.07) is 6.08. The Labute approximate surface area is 110 Å². The lowest BCUT2D eigenvalue weighted by molar-refractivity contribution is 0.601. The predicted octanol–water partition coefficient (Wildman–Crippen LogP) is 0.871. The molecule has 7 nitrogen and oxygen atoms in total. The highest BCUT2D eigenvalue weighted by atomic mass is 32.2. The molecule has 0 fully saturated rings. The van der Waals surface area contributed by atoms with E-state index in [9.17, 15) is 8.42 Å². The number of aromatic nitrogens is 2. The smallest absolute Gasteiger partial charge is 0.262 e. The SMILES string of the molecule is Cc1ccc(NS(=O)(=O)c2ccnc(NN)c2)cn1.